The molecule has 3 aromatic heterocycles. The summed E-state index contributed by atoms with van der Waals surface area (Å²) in [4.78, 5) is 22.5. The zero-order chi connectivity index (χ0) is 32.3. The molecule has 0 fully saturated rings. The first-order chi connectivity index (χ1) is 22.0. The SMILES string of the molecule is CNC(=O)c1c(-c2ccc(F)cc2)oc2cc(N(CC(F)F)S(C)(=O)=O)c(-c3ncc4c(n3)-c3cc5c(n3CO4)=CCCC=5)cc12. The van der Waals surface area contributed by atoms with Crippen molar-refractivity contribution < 1.29 is 35.5 Å². The van der Waals surface area contributed by atoms with Gasteiger partial charge in [-0.25, -0.2) is 31.6 Å². The summed E-state index contributed by atoms with van der Waals surface area (Å²) in [5.41, 5.74) is 1.55. The maximum absolute atomic E-state index is 13.9. The van der Waals surface area contributed by atoms with E-state index in [1.54, 1.807) is 0 Å². The minimum absolute atomic E-state index is 0.00939. The number of hydrogen-bond donors (Lipinski definition) is 1. The van der Waals surface area contributed by atoms with E-state index in [1.807, 2.05) is 10.6 Å². The lowest BCUT2D eigenvalue weighted by molar-refractivity contribution is 0.0964. The number of nitrogens with one attached hydrogen (secondary N) is 1. The van der Waals surface area contributed by atoms with Gasteiger partial charge in [0.2, 0.25) is 10.0 Å². The molecule has 2 aromatic carbocycles. The van der Waals surface area contributed by atoms with Gasteiger partial charge < -0.3 is 19.0 Å². The third kappa shape index (κ3) is 4.98. The molecule has 0 atom stereocenters. The Morgan fingerprint density at radius 1 is 1.13 bits per heavy atom. The van der Waals surface area contributed by atoms with Crippen LogP contribution in [0.25, 0.3) is 57.2 Å². The van der Waals surface area contributed by atoms with E-state index in [0.29, 0.717) is 21.3 Å². The molecule has 1 aliphatic heterocycles. The van der Waals surface area contributed by atoms with E-state index < -0.39 is 34.7 Å². The first-order valence-corrected chi connectivity index (χ1v) is 16.1. The number of anilines is 1. The van der Waals surface area contributed by atoms with Crippen LogP contribution in [0.2, 0.25) is 0 Å². The van der Waals surface area contributed by atoms with Crippen LogP contribution < -0.4 is 24.9 Å². The van der Waals surface area contributed by atoms with Crippen LogP contribution in [-0.2, 0) is 16.8 Å². The molecule has 10 nitrogen and oxygen atoms in total. The number of furan rings is 1. The van der Waals surface area contributed by atoms with Crippen LogP contribution in [0.4, 0.5) is 18.9 Å². The molecule has 0 saturated carbocycles. The number of alkyl halides is 2. The first-order valence-electron chi connectivity index (χ1n) is 14.3. The number of carbonyl (C=O) groups is 1. The number of benzene rings is 2. The second-order valence-electron chi connectivity index (χ2n) is 10.9. The second-order valence-corrected chi connectivity index (χ2v) is 12.8. The smallest absolute Gasteiger partial charge is 0.257 e. The molecule has 0 radical (unpaired) electrons. The summed E-state index contributed by atoms with van der Waals surface area (Å²) in [5, 5.41) is 4.83. The summed E-state index contributed by atoms with van der Waals surface area (Å²) < 4.78 is 82.0. The average molecular weight is 650 g/mol. The zero-order valence-electron chi connectivity index (χ0n) is 24.6. The van der Waals surface area contributed by atoms with Gasteiger partial charge in [-0.05, 0) is 54.5 Å². The molecule has 14 heteroatoms. The van der Waals surface area contributed by atoms with Crippen molar-refractivity contribution in [1.29, 1.82) is 0 Å². The number of fused-ring (bicyclic) bond motifs is 6. The third-order valence-electron chi connectivity index (χ3n) is 7.97. The highest BCUT2D eigenvalue weighted by Crippen LogP contribution is 2.42. The molecule has 236 valence electrons. The van der Waals surface area contributed by atoms with Crippen molar-refractivity contribution in [1.82, 2.24) is 19.9 Å². The number of ether oxygens (including phenoxy) is 1. The number of carbonyl (C=O) groups excluding carboxylic acids is 1. The van der Waals surface area contributed by atoms with Gasteiger partial charge in [-0.15, -0.1) is 0 Å². The summed E-state index contributed by atoms with van der Waals surface area (Å²) in [6, 6.07) is 9.97. The van der Waals surface area contributed by atoms with Gasteiger partial charge in [-0.3, -0.25) is 9.10 Å². The number of halogens is 3. The van der Waals surface area contributed by atoms with Gasteiger partial charge in [-0.1, -0.05) is 12.2 Å². The van der Waals surface area contributed by atoms with E-state index >= 15 is 0 Å². The van der Waals surface area contributed by atoms with E-state index in [-0.39, 0.29) is 46.1 Å². The van der Waals surface area contributed by atoms with Gasteiger partial charge in [0.25, 0.3) is 12.3 Å². The second kappa shape index (κ2) is 11.1. The van der Waals surface area contributed by atoms with Gasteiger partial charge in [0.05, 0.1) is 35.9 Å². The Morgan fingerprint density at radius 2 is 1.89 bits per heavy atom. The predicted octanol–water partition coefficient (Wildman–Crippen LogP) is 4.26. The van der Waals surface area contributed by atoms with Crippen LogP contribution >= 0.6 is 0 Å². The lowest BCUT2D eigenvalue weighted by atomic mass is 10.0. The summed E-state index contributed by atoms with van der Waals surface area (Å²) in [7, 11) is -2.84. The molecule has 0 bridgehead atoms. The van der Waals surface area contributed by atoms with Crippen molar-refractivity contribution in [2.75, 3.05) is 24.2 Å². The maximum Gasteiger partial charge on any atom is 0.257 e. The van der Waals surface area contributed by atoms with E-state index in [0.717, 1.165) is 35.4 Å². The molecule has 5 aromatic rings. The Balaban J connectivity index is 1.51. The Labute approximate surface area is 260 Å². The van der Waals surface area contributed by atoms with Crippen LogP contribution in [-0.4, -0.2) is 55.1 Å². The standard InChI is InChI=1S/C32H26F3N5O5S/c1-36-32(41)28-21-12-20(31-37-14-26-29(38-31)24-11-18-5-3-4-6-22(18)39(24)16-44-26)23(40(15-27(34)35)46(2,42)43)13-25(21)45-30(28)17-7-9-19(33)10-8-17/h5-14,27H,3-4,15-16H2,1-2H3,(H,36,41). The Bertz CT molecular complexity index is 2280. The third-order valence-corrected chi connectivity index (χ3v) is 9.11. The molecule has 46 heavy (non-hydrogen) atoms. The molecule has 1 amide bonds. The fraction of sp³-hybridized carbons (Fsp3) is 0.219. The number of sulfonamides is 1. The van der Waals surface area contributed by atoms with Crippen LogP contribution in [0.15, 0.2) is 53.1 Å². The van der Waals surface area contributed by atoms with Crippen molar-refractivity contribution in [3.05, 3.63) is 70.6 Å². The summed E-state index contributed by atoms with van der Waals surface area (Å²) >= 11 is 0. The van der Waals surface area contributed by atoms with Crippen LogP contribution in [0, 0.1) is 5.82 Å². The van der Waals surface area contributed by atoms with Gasteiger partial charge in [0.1, 0.15) is 22.9 Å². The molecule has 1 N–H and O–H groups in total. The predicted molar refractivity (Wildman–Crippen MR) is 166 cm³/mol. The van der Waals surface area contributed by atoms with Crippen molar-refractivity contribution in [3.8, 4) is 39.8 Å². The molecule has 0 unspecified atom stereocenters. The summed E-state index contributed by atoms with van der Waals surface area (Å²) in [5.74, 6) is -0.560. The van der Waals surface area contributed by atoms with Crippen molar-refractivity contribution in [2.24, 2.45) is 0 Å². The lowest BCUT2D eigenvalue weighted by Gasteiger charge is -2.25. The maximum atomic E-state index is 13.9. The molecule has 0 spiro atoms. The first kappa shape index (κ1) is 29.6. The molecule has 2 aliphatic rings. The summed E-state index contributed by atoms with van der Waals surface area (Å²) in [6.45, 7) is -0.907. The Hall–Kier alpha value is -5.11. The van der Waals surface area contributed by atoms with Gasteiger partial charge in [0.15, 0.2) is 18.3 Å². The van der Waals surface area contributed by atoms with Crippen LogP contribution in [0.1, 0.15) is 23.2 Å². The van der Waals surface area contributed by atoms with Gasteiger partial charge >= 0.3 is 0 Å². The fourth-order valence-electron chi connectivity index (χ4n) is 5.90. The quantitative estimate of drug-likeness (QED) is 0.280. The Kier molecular flexibility index (Phi) is 7.11. The van der Waals surface area contributed by atoms with Crippen molar-refractivity contribution in [3.63, 3.8) is 0 Å². The number of hydrogen-bond acceptors (Lipinski definition) is 7. The van der Waals surface area contributed by atoms with Crippen molar-refractivity contribution in [2.45, 2.75) is 26.0 Å². The molecule has 7 rings (SSSR count). The highest BCUT2D eigenvalue weighted by atomic mass is 32.2. The minimum atomic E-state index is -4.26. The largest absolute Gasteiger partial charge is 0.469 e. The molecule has 0 saturated heterocycles. The van der Waals surface area contributed by atoms with Gasteiger partial charge in [-0.2, -0.15) is 0 Å². The highest BCUT2D eigenvalue weighted by molar-refractivity contribution is 7.92. The Morgan fingerprint density at radius 3 is 2.61 bits per heavy atom. The summed E-state index contributed by atoms with van der Waals surface area (Å²) in [6.07, 6.45) is 5.26. The molecule has 4 heterocycles. The van der Waals surface area contributed by atoms with E-state index in [4.69, 9.17) is 14.1 Å². The van der Waals surface area contributed by atoms with Crippen LogP contribution in [0.5, 0.6) is 5.75 Å². The lowest BCUT2D eigenvalue weighted by Crippen LogP contribution is -2.34. The van der Waals surface area contributed by atoms with E-state index in [9.17, 15) is 26.4 Å². The van der Waals surface area contributed by atoms with Gasteiger partial charge in [0, 0.05) is 35.0 Å². The molecular formula is C32H26F3N5O5S. The topological polar surface area (TPSA) is 120 Å². The zero-order valence-corrected chi connectivity index (χ0v) is 25.4. The van der Waals surface area contributed by atoms with E-state index in [1.165, 1.54) is 49.6 Å². The normalized spacial score (nSPS) is 13.7. The molecule has 1 aliphatic carbocycles. The molecular weight excluding hydrogens is 623 g/mol. The monoisotopic (exact) mass is 649 g/mol. The number of amides is 1. The van der Waals surface area contributed by atoms with Crippen molar-refractivity contribution >= 4 is 44.7 Å². The highest BCUT2D eigenvalue weighted by Gasteiger charge is 2.31. The van der Waals surface area contributed by atoms with Crippen LogP contribution in [0.3, 0.4) is 0 Å². The minimum Gasteiger partial charge on any atom is -0.469 e. The number of rotatable bonds is 7. The fourth-order valence-corrected chi connectivity index (χ4v) is 6.80. The van der Waals surface area contributed by atoms with E-state index in [2.05, 4.69) is 22.5 Å². The number of aromatic nitrogens is 3. The number of nitrogens with zero attached hydrogens (tertiary/aromatic N) is 4. The average Bonchev–Trinajstić information content (AvgIpc) is 3.61.